The zero-order chi connectivity index (χ0) is 12.5. The second-order valence-electron chi connectivity index (χ2n) is 4.09. The van der Waals surface area contributed by atoms with Crippen LogP contribution < -0.4 is 0 Å². The molecule has 1 nitrogen and oxygen atoms in total. The van der Waals surface area contributed by atoms with Crippen LogP contribution in [0.4, 0.5) is 4.39 Å². The molecular weight excluding hydrogens is 336 g/mol. The fourth-order valence-corrected chi connectivity index (χ4v) is 2.00. The Morgan fingerprint density at radius 3 is 2.71 bits per heavy atom. The summed E-state index contributed by atoms with van der Waals surface area (Å²) in [5.74, 6) is -0.215. The Bertz CT molecular complexity index is 316. The number of hydrogen-bond donors (Lipinski definition) is 0. The third kappa shape index (κ3) is 5.59. The van der Waals surface area contributed by atoms with Gasteiger partial charge in [-0.15, -0.1) is 6.07 Å². The summed E-state index contributed by atoms with van der Waals surface area (Å²) in [6.45, 7) is 0.394. The molecule has 1 aliphatic rings. The summed E-state index contributed by atoms with van der Waals surface area (Å²) < 4.78 is 18.9. The molecule has 0 spiro atoms. The van der Waals surface area contributed by atoms with Gasteiger partial charge in [0, 0.05) is 5.82 Å². The summed E-state index contributed by atoms with van der Waals surface area (Å²) in [4.78, 5) is 0. The summed E-state index contributed by atoms with van der Waals surface area (Å²) >= 11 is 4.25. The van der Waals surface area contributed by atoms with Gasteiger partial charge in [0.2, 0.25) is 0 Å². The van der Waals surface area contributed by atoms with Crippen molar-refractivity contribution < 1.29 is 25.5 Å². The van der Waals surface area contributed by atoms with E-state index in [1.807, 2.05) is 0 Å². The van der Waals surface area contributed by atoms with Crippen LogP contribution in [-0.2, 0) is 27.7 Å². The van der Waals surface area contributed by atoms with Crippen molar-refractivity contribution in [1.82, 2.24) is 0 Å². The Balaban J connectivity index is 0.000000686. The predicted molar refractivity (Wildman–Crippen MR) is 65.8 cm³/mol. The van der Waals surface area contributed by atoms with E-state index in [0.717, 1.165) is 12.8 Å². The van der Waals surface area contributed by atoms with Crippen molar-refractivity contribution in [3.05, 3.63) is 35.6 Å². The Kier molecular flexibility index (Phi) is 8.25. The maximum atomic E-state index is 13.2. The first-order valence-electron chi connectivity index (χ1n) is 5.89. The van der Waals surface area contributed by atoms with E-state index in [0.29, 0.717) is 18.3 Å². The van der Waals surface area contributed by atoms with E-state index in [9.17, 15) is 4.39 Å². The molecule has 0 atom stereocenters. The Hall–Kier alpha value is 0.213. The molecule has 1 aromatic carbocycles. The Labute approximate surface area is 119 Å². The Morgan fingerprint density at radius 1 is 1.35 bits per heavy atom. The molecule has 1 aliphatic carbocycles. The number of hydrogen-bond acceptors (Lipinski definition) is 1. The minimum absolute atomic E-state index is 0.215. The van der Waals surface area contributed by atoms with E-state index < -0.39 is 0 Å². The van der Waals surface area contributed by atoms with Crippen molar-refractivity contribution in [3.8, 4) is 0 Å². The summed E-state index contributed by atoms with van der Waals surface area (Å²) in [6.07, 6.45) is 6.39. The van der Waals surface area contributed by atoms with Crippen LogP contribution in [0.5, 0.6) is 0 Å². The van der Waals surface area contributed by atoms with Crippen molar-refractivity contribution in [2.24, 2.45) is 0 Å². The third-order valence-electron chi connectivity index (χ3n) is 2.92. The van der Waals surface area contributed by atoms with Gasteiger partial charge in [-0.3, -0.25) is 4.39 Å². The number of rotatable bonds is 3. The number of benzene rings is 1. The monoisotopic (exact) mass is 350 g/mol. The zero-order valence-corrected chi connectivity index (χ0v) is 14.5. The van der Waals surface area contributed by atoms with Crippen molar-refractivity contribution in [3.63, 3.8) is 0 Å². The molecule has 4 heteroatoms. The van der Waals surface area contributed by atoms with Crippen LogP contribution in [-0.4, -0.2) is 6.10 Å². The van der Waals surface area contributed by atoms with Crippen molar-refractivity contribution >= 4 is 13.6 Å². The fraction of sp³-hybridized carbons (Fsp3) is 0.538. The molecule has 0 unspecified atom stereocenters. The van der Waals surface area contributed by atoms with Gasteiger partial charge < -0.3 is 4.74 Å². The molecule has 0 heterocycles. The van der Waals surface area contributed by atoms with Crippen LogP contribution >= 0.6 is 13.6 Å². The molecule has 0 N–H and O–H groups in total. The molecule has 2 rings (SSSR count). The second kappa shape index (κ2) is 9.18. The summed E-state index contributed by atoms with van der Waals surface area (Å²) in [5.41, 5.74) is 0.638. The van der Waals surface area contributed by atoms with Gasteiger partial charge in [-0.25, -0.2) is 0 Å². The fourth-order valence-electron chi connectivity index (χ4n) is 2.00. The average Bonchev–Trinajstić information content (AvgIpc) is 2.41. The molecule has 0 bridgehead atoms. The topological polar surface area (TPSA) is 9.23 Å². The molecular formula is C13H16BrFOZn. The molecule has 1 fully saturated rings. The van der Waals surface area contributed by atoms with Crippen LogP contribution in [0.15, 0.2) is 18.2 Å². The predicted octanol–water partition coefficient (Wildman–Crippen LogP) is 4.32. The summed E-state index contributed by atoms with van der Waals surface area (Å²) in [6, 6.07) is 7.53. The van der Waals surface area contributed by atoms with Gasteiger partial charge in [0.1, 0.15) is 0 Å². The van der Waals surface area contributed by atoms with E-state index in [1.165, 1.54) is 41.7 Å². The van der Waals surface area contributed by atoms with Gasteiger partial charge in [-0.2, -0.15) is 18.2 Å². The van der Waals surface area contributed by atoms with Crippen LogP contribution in [0.1, 0.15) is 37.7 Å². The van der Waals surface area contributed by atoms with Crippen LogP contribution in [0.25, 0.3) is 0 Å². The molecule has 17 heavy (non-hydrogen) atoms. The molecule has 1 aromatic rings. The first kappa shape index (κ1) is 15.3. The molecule has 0 aromatic heterocycles. The van der Waals surface area contributed by atoms with Crippen LogP contribution in [0.3, 0.4) is 0 Å². The SMILES string of the molecule is Fc1c[c-]ccc1COC1CCCCC1.[Zn+][Br]. The van der Waals surface area contributed by atoms with Gasteiger partial charge in [0.25, 0.3) is 0 Å². The van der Waals surface area contributed by atoms with Crippen LogP contribution in [0, 0.1) is 11.9 Å². The van der Waals surface area contributed by atoms with Gasteiger partial charge in [-0.1, -0.05) is 24.8 Å². The van der Waals surface area contributed by atoms with Crippen LogP contribution in [0.2, 0.25) is 0 Å². The van der Waals surface area contributed by atoms with E-state index in [-0.39, 0.29) is 5.82 Å². The maximum absolute atomic E-state index is 13.2. The molecule has 0 aliphatic heterocycles. The van der Waals surface area contributed by atoms with Crippen molar-refractivity contribution in [2.45, 2.75) is 44.8 Å². The van der Waals surface area contributed by atoms with Crippen molar-refractivity contribution in [1.29, 1.82) is 0 Å². The molecule has 0 amide bonds. The van der Waals surface area contributed by atoms with Gasteiger partial charge in [0.05, 0.1) is 12.7 Å². The normalized spacial score (nSPS) is 16.2. The summed E-state index contributed by atoms with van der Waals surface area (Å²) in [5, 5.41) is 0. The van der Waals surface area contributed by atoms with E-state index >= 15 is 0 Å². The van der Waals surface area contributed by atoms with Crippen molar-refractivity contribution in [2.75, 3.05) is 0 Å². The molecule has 1 saturated carbocycles. The first-order chi connectivity index (χ1) is 8.36. The molecule has 90 valence electrons. The van der Waals surface area contributed by atoms with Gasteiger partial charge in [0.15, 0.2) is 0 Å². The Morgan fingerprint density at radius 2 is 2.06 bits per heavy atom. The van der Waals surface area contributed by atoms with Gasteiger partial charge >= 0.3 is 30.0 Å². The van der Waals surface area contributed by atoms with E-state index in [2.05, 4.69) is 19.7 Å². The number of ether oxygens (including phenoxy) is 1. The molecule has 0 radical (unpaired) electrons. The number of halogens is 2. The standard InChI is InChI=1S/C13H16FO.BrH.Zn/c14-13-9-5-4-6-11(13)10-15-12-7-2-1-3-8-12;;/h4,6,9,12H,1-3,7-8,10H2;1H;/q-1;;+2/p-1. The van der Waals surface area contributed by atoms with E-state index in [1.54, 1.807) is 12.1 Å². The van der Waals surface area contributed by atoms with E-state index in [4.69, 9.17) is 4.74 Å². The quantitative estimate of drug-likeness (QED) is 0.581. The second-order valence-corrected chi connectivity index (χ2v) is 4.09. The average molecular weight is 353 g/mol. The first-order valence-corrected chi connectivity index (χ1v) is 12.8. The molecule has 0 saturated heterocycles. The van der Waals surface area contributed by atoms with Gasteiger partial charge in [-0.05, 0) is 12.8 Å². The zero-order valence-electron chi connectivity index (χ0n) is 9.92. The summed E-state index contributed by atoms with van der Waals surface area (Å²) in [7, 11) is 0. The third-order valence-corrected chi connectivity index (χ3v) is 2.92. The minimum atomic E-state index is -0.215.